The number of amides is 1. The summed E-state index contributed by atoms with van der Waals surface area (Å²) in [7, 11) is 1.25. The van der Waals surface area contributed by atoms with Gasteiger partial charge < -0.3 is 14.8 Å². The first kappa shape index (κ1) is 17.0. The van der Waals surface area contributed by atoms with Gasteiger partial charge in [-0.15, -0.1) is 0 Å². The maximum Gasteiger partial charge on any atom is 0.341 e. The first-order valence-corrected chi connectivity index (χ1v) is 7.28. The van der Waals surface area contributed by atoms with Gasteiger partial charge in [0.15, 0.2) is 0 Å². The molecule has 2 aromatic rings. The second-order valence-electron chi connectivity index (χ2n) is 4.68. The van der Waals surface area contributed by atoms with E-state index in [0.717, 1.165) is 5.56 Å². The highest BCUT2D eigenvalue weighted by Crippen LogP contribution is 2.25. The lowest BCUT2D eigenvalue weighted by molar-refractivity contribution is -0.121. The fourth-order valence-electron chi connectivity index (χ4n) is 1.96. The zero-order valence-corrected chi connectivity index (χ0v) is 13.3. The summed E-state index contributed by atoms with van der Waals surface area (Å²) >= 11 is 5.99. The second-order valence-corrected chi connectivity index (χ2v) is 5.09. The van der Waals surface area contributed by atoms with Crippen molar-refractivity contribution in [3.05, 3.63) is 64.7 Å². The van der Waals surface area contributed by atoms with Crippen molar-refractivity contribution in [2.75, 3.05) is 19.0 Å². The maximum atomic E-state index is 11.9. The Hall–Kier alpha value is -2.37. The standard InChI is InChI=1S/C17H16ClNO4/c1-22-17(21)16-13(18)8-5-9-14(16)19-15(20)11-23-10-12-6-3-2-4-7-12/h2-9H,10-11H2,1H3,(H,19,20). The molecule has 23 heavy (non-hydrogen) atoms. The van der Waals surface area contributed by atoms with Crippen LogP contribution in [0, 0.1) is 0 Å². The highest BCUT2D eigenvalue weighted by Gasteiger charge is 2.17. The van der Waals surface area contributed by atoms with Crippen molar-refractivity contribution in [3.8, 4) is 0 Å². The minimum Gasteiger partial charge on any atom is -0.465 e. The Morgan fingerprint density at radius 2 is 1.83 bits per heavy atom. The number of carbonyl (C=O) groups excluding carboxylic acids is 2. The third-order valence-electron chi connectivity index (χ3n) is 3.02. The molecule has 120 valence electrons. The molecule has 0 aliphatic heterocycles. The number of carbonyl (C=O) groups is 2. The molecule has 0 heterocycles. The Morgan fingerprint density at radius 3 is 2.52 bits per heavy atom. The monoisotopic (exact) mass is 333 g/mol. The fraction of sp³-hybridized carbons (Fsp3) is 0.176. The van der Waals surface area contributed by atoms with Gasteiger partial charge in [0.05, 0.1) is 24.4 Å². The normalized spacial score (nSPS) is 10.2. The summed E-state index contributed by atoms with van der Waals surface area (Å²) in [5.74, 6) is -0.996. The quantitative estimate of drug-likeness (QED) is 0.824. The van der Waals surface area contributed by atoms with Crippen molar-refractivity contribution in [1.29, 1.82) is 0 Å². The minimum atomic E-state index is -0.615. The van der Waals surface area contributed by atoms with E-state index in [1.54, 1.807) is 18.2 Å². The SMILES string of the molecule is COC(=O)c1c(Cl)cccc1NC(=O)COCc1ccccc1. The fourth-order valence-corrected chi connectivity index (χ4v) is 2.21. The van der Waals surface area contributed by atoms with Gasteiger partial charge >= 0.3 is 5.97 Å². The summed E-state index contributed by atoms with van der Waals surface area (Å²) in [4.78, 5) is 23.7. The molecule has 0 atom stereocenters. The topological polar surface area (TPSA) is 64.6 Å². The molecule has 2 rings (SSSR count). The molecule has 0 bridgehead atoms. The number of rotatable bonds is 6. The van der Waals surface area contributed by atoms with Crippen LogP contribution < -0.4 is 5.32 Å². The first-order chi connectivity index (χ1) is 11.1. The Labute approximate surface area is 139 Å². The molecule has 0 aliphatic carbocycles. The summed E-state index contributed by atoms with van der Waals surface area (Å²) in [6.45, 7) is 0.190. The molecule has 6 heteroatoms. The van der Waals surface area contributed by atoms with Crippen LogP contribution in [0.3, 0.4) is 0 Å². The number of anilines is 1. The van der Waals surface area contributed by atoms with Crippen molar-refractivity contribution >= 4 is 29.2 Å². The van der Waals surface area contributed by atoms with Crippen molar-refractivity contribution < 1.29 is 19.1 Å². The van der Waals surface area contributed by atoms with Gasteiger partial charge in [-0.3, -0.25) is 4.79 Å². The average molecular weight is 334 g/mol. The lowest BCUT2D eigenvalue weighted by Gasteiger charge is -2.11. The van der Waals surface area contributed by atoms with Gasteiger partial charge in [-0.25, -0.2) is 4.79 Å². The second kappa shape index (κ2) is 8.31. The van der Waals surface area contributed by atoms with Gasteiger partial charge in [-0.05, 0) is 17.7 Å². The molecule has 0 spiro atoms. The third kappa shape index (κ3) is 4.81. The predicted molar refractivity (Wildman–Crippen MR) is 87.5 cm³/mol. The Balaban J connectivity index is 1.95. The molecule has 1 amide bonds. The zero-order chi connectivity index (χ0) is 16.7. The van der Waals surface area contributed by atoms with Crippen LogP contribution in [0.25, 0.3) is 0 Å². The van der Waals surface area contributed by atoms with Crippen LogP contribution in [0.2, 0.25) is 5.02 Å². The van der Waals surface area contributed by atoms with E-state index in [4.69, 9.17) is 16.3 Å². The number of benzene rings is 2. The van der Waals surface area contributed by atoms with E-state index in [2.05, 4.69) is 10.1 Å². The van der Waals surface area contributed by atoms with Gasteiger partial charge in [-0.2, -0.15) is 0 Å². The van der Waals surface area contributed by atoms with Crippen LogP contribution in [0.15, 0.2) is 48.5 Å². The van der Waals surface area contributed by atoms with Crippen molar-refractivity contribution in [3.63, 3.8) is 0 Å². The summed E-state index contributed by atoms with van der Waals surface area (Å²) in [5.41, 5.74) is 1.38. The zero-order valence-electron chi connectivity index (χ0n) is 12.5. The van der Waals surface area contributed by atoms with Gasteiger partial charge in [0.25, 0.3) is 0 Å². The number of hydrogen-bond donors (Lipinski definition) is 1. The summed E-state index contributed by atoms with van der Waals surface area (Å²) in [5, 5.41) is 2.81. The molecule has 0 aromatic heterocycles. The maximum absolute atomic E-state index is 11.9. The molecule has 0 saturated carbocycles. The molecule has 0 saturated heterocycles. The molecule has 0 fully saturated rings. The summed E-state index contributed by atoms with van der Waals surface area (Å²) in [6, 6.07) is 14.3. The van der Waals surface area contributed by atoms with E-state index in [1.807, 2.05) is 30.3 Å². The van der Waals surface area contributed by atoms with Crippen molar-refractivity contribution in [2.45, 2.75) is 6.61 Å². The minimum absolute atomic E-state index is 0.119. The van der Waals surface area contributed by atoms with Crippen LogP contribution >= 0.6 is 11.6 Å². The Bertz CT molecular complexity index is 688. The van der Waals surface area contributed by atoms with Gasteiger partial charge in [0.1, 0.15) is 12.2 Å². The predicted octanol–water partition coefficient (Wildman–Crippen LogP) is 3.28. The van der Waals surface area contributed by atoms with Crippen LogP contribution in [0.5, 0.6) is 0 Å². The molecule has 0 unspecified atom stereocenters. The largest absolute Gasteiger partial charge is 0.465 e. The molecule has 5 nitrogen and oxygen atoms in total. The van der Waals surface area contributed by atoms with E-state index < -0.39 is 5.97 Å². The van der Waals surface area contributed by atoms with E-state index in [9.17, 15) is 9.59 Å². The number of nitrogens with one attached hydrogen (secondary N) is 1. The van der Waals surface area contributed by atoms with E-state index in [-0.39, 0.29) is 28.8 Å². The lowest BCUT2D eigenvalue weighted by atomic mass is 10.1. The van der Waals surface area contributed by atoms with E-state index in [0.29, 0.717) is 6.61 Å². The smallest absolute Gasteiger partial charge is 0.341 e. The van der Waals surface area contributed by atoms with Gasteiger partial charge in [-0.1, -0.05) is 48.0 Å². The van der Waals surface area contributed by atoms with E-state index >= 15 is 0 Å². The van der Waals surface area contributed by atoms with Crippen molar-refractivity contribution in [2.24, 2.45) is 0 Å². The molecular weight excluding hydrogens is 318 g/mol. The highest BCUT2D eigenvalue weighted by molar-refractivity contribution is 6.34. The summed E-state index contributed by atoms with van der Waals surface area (Å²) in [6.07, 6.45) is 0. The van der Waals surface area contributed by atoms with E-state index in [1.165, 1.54) is 7.11 Å². The number of methoxy groups -OCH3 is 1. The number of esters is 1. The lowest BCUT2D eigenvalue weighted by Crippen LogP contribution is -2.20. The van der Waals surface area contributed by atoms with Crippen LogP contribution in [-0.4, -0.2) is 25.6 Å². The first-order valence-electron chi connectivity index (χ1n) is 6.90. The third-order valence-corrected chi connectivity index (χ3v) is 3.34. The molecule has 0 radical (unpaired) electrons. The van der Waals surface area contributed by atoms with Crippen molar-refractivity contribution in [1.82, 2.24) is 0 Å². The van der Waals surface area contributed by atoms with Crippen LogP contribution in [-0.2, 0) is 20.9 Å². The Morgan fingerprint density at radius 1 is 1.09 bits per heavy atom. The molecule has 1 N–H and O–H groups in total. The average Bonchev–Trinajstić information content (AvgIpc) is 2.55. The molecule has 2 aromatic carbocycles. The van der Waals surface area contributed by atoms with Gasteiger partial charge in [0, 0.05) is 0 Å². The number of ether oxygens (including phenoxy) is 2. The van der Waals surface area contributed by atoms with Crippen LogP contribution in [0.1, 0.15) is 15.9 Å². The summed E-state index contributed by atoms with van der Waals surface area (Å²) < 4.78 is 10.0. The molecular formula is C17H16ClNO4. The Kier molecular flexibility index (Phi) is 6.14. The highest BCUT2D eigenvalue weighted by atomic mass is 35.5. The van der Waals surface area contributed by atoms with Crippen LogP contribution in [0.4, 0.5) is 5.69 Å². The number of halogens is 1. The molecule has 0 aliphatic rings. The number of hydrogen-bond acceptors (Lipinski definition) is 4. The van der Waals surface area contributed by atoms with Gasteiger partial charge in [0.2, 0.25) is 5.91 Å².